The van der Waals surface area contributed by atoms with E-state index in [9.17, 15) is 13.6 Å². The van der Waals surface area contributed by atoms with Crippen LogP contribution in [0.2, 0.25) is 15.1 Å². The molecule has 0 aromatic heterocycles. The minimum Gasteiger partial charge on any atom is -0.435 e. The molecule has 0 atom stereocenters. The molecular formula is C15H11Cl3F2N2O2. The number of carbonyl (C=O) groups excluding carboxylic acids is 1. The molecule has 0 fully saturated rings. The summed E-state index contributed by atoms with van der Waals surface area (Å²) in [6.45, 7) is -2.89. The van der Waals surface area contributed by atoms with E-state index in [1.165, 1.54) is 36.4 Å². The van der Waals surface area contributed by atoms with Crippen LogP contribution < -0.4 is 15.6 Å². The molecule has 1 amide bonds. The van der Waals surface area contributed by atoms with E-state index in [0.717, 1.165) is 0 Å². The van der Waals surface area contributed by atoms with E-state index in [1.54, 1.807) is 0 Å². The molecule has 0 saturated heterocycles. The van der Waals surface area contributed by atoms with Crippen LogP contribution in [0, 0.1) is 0 Å². The van der Waals surface area contributed by atoms with E-state index < -0.39 is 6.61 Å². The number of amides is 1. The van der Waals surface area contributed by atoms with Gasteiger partial charge < -0.3 is 4.74 Å². The van der Waals surface area contributed by atoms with Crippen molar-refractivity contribution in [3.63, 3.8) is 0 Å². The van der Waals surface area contributed by atoms with Gasteiger partial charge >= 0.3 is 6.61 Å². The quantitative estimate of drug-likeness (QED) is 0.682. The summed E-state index contributed by atoms with van der Waals surface area (Å²) in [6, 6.07) is 8.69. The molecule has 0 heterocycles. The normalized spacial score (nSPS) is 10.6. The lowest BCUT2D eigenvalue weighted by Gasteiger charge is -2.12. The van der Waals surface area contributed by atoms with Crippen LogP contribution in [0.3, 0.4) is 0 Å². The van der Waals surface area contributed by atoms with Gasteiger partial charge in [-0.2, -0.15) is 8.78 Å². The average Bonchev–Trinajstić information content (AvgIpc) is 2.47. The molecular weight excluding hydrogens is 385 g/mol. The summed E-state index contributed by atoms with van der Waals surface area (Å²) in [6.07, 6.45) is 0.0186. The smallest absolute Gasteiger partial charge is 0.387 e. The highest BCUT2D eigenvalue weighted by Crippen LogP contribution is 2.33. The summed E-state index contributed by atoms with van der Waals surface area (Å²) in [5.41, 5.74) is 5.99. The zero-order valence-electron chi connectivity index (χ0n) is 12.0. The number of benzene rings is 2. The van der Waals surface area contributed by atoms with Gasteiger partial charge in [-0.3, -0.25) is 15.6 Å². The van der Waals surface area contributed by atoms with Crippen LogP contribution in [0.25, 0.3) is 0 Å². The van der Waals surface area contributed by atoms with Crippen molar-refractivity contribution in [1.29, 1.82) is 0 Å². The minimum absolute atomic E-state index is 0.0186. The lowest BCUT2D eigenvalue weighted by atomic mass is 10.1. The van der Waals surface area contributed by atoms with Crippen molar-refractivity contribution in [3.05, 3.63) is 57.0 Å². The standard InChI is InChI=1S/C15H11Cl3F2N2O2/c16-9-6-11(17)14(12(18)7-9)22-21-13(23)5-8-1-3-10(4-2-8)24-15(19)20/h1-4,6-7,15,22H,5H2,(H,21,23). The summed E-state index contributed by atoms with van der Waals surface area (Å²) in [5, 5.41) is 0.871. The summed E-state index contributed by atoms with van der Waals surface area (Å²) in [7, 11) is 0. The van der Waals surface area contributed by atoms with Crippen LogP contribution in [0.15, 0.2) is 36.4 Å². The molecule has 0 aliphatic rings. The average molecular weight is 396 g/mol. The van der Waals surface area contributed by atoms with E-state index in [-0.39, 0.29) is 28.1 Å². The summed E-state index contributed by atoms with van der Waals surface area (Å²) < 4.78 is 28.3. The molecule has 2 N–H and O–H groups in total. The Morgan fingerprint density at radius 1 is 1.08 bits per heavy atom. The van der Waals surface area contributed by atoms with Gasteiger partial charge in [0.1, 0.15) is 5.75 Å². The fraction of sp³-hybridized carbons (Fsp3) is 0.133. The first-order valence-corrected chi connectivity index (χ1v) is 7.71. The highest BCUT2D eigenvalue weighted by Gasteiger charge is 2.10. The molecule has 0 spiro atoms. The van der Waals surface area contributed by atoms with Gasteiger partial charge in [-0.15, -0.1) is 0 Å². The minimum atomic E-state index is -2.89. The van der Waals surface area contributed by atoms with Crippen LogP contribution in [-0.4, -0.2) is 12.5 Å². The van der Waals surface area contributed by atoms with Crippen molar-refractivity contribution in [1.82, 2.24) is 5.43 Å². The Morgan fingerprint density at radius 3 is 2.21 bits per heavy atom. The summed E-state index contributed by atoms with van der Waals surface area (Å²) in [5.74, 6) is -0.355. The predicted octanol–water partition coefficient (Wildman–Crippen LogP) is 4.93. The number of halogens is 5. The number of hydrogen-bond donors (Lipinski definition) is 2. The molecule has 128 valence electrons. The van der Waals surface area contributed by atoms with Crippen molar-refractivity contribution in [2.75, 3.05) is 5.43 Å². The number of rotatable bonds is 6. The van der Waals surface area contributed by atoms with E-state index in [0.29, 0.717) is 16.3 Å². The first-order valence-electron chi connectivity index (χ1n) is 6.58. The van der Waals surface area contributed by atoms with Gasteiger partial charge in [0.2, 0.25) is 5.91 Å². The van der Waals surface area contributed by atoms with E-state index in [2.05, 4.69) is 15.6 Å². The molecule has 4 nitrogen and oxygen atoms in total. The third kappa shape index (κ3) is 5.40. The van der Waals surface area contributed by atoms with Crippen LogP contribution in [-0.2, 0) is 11.2 Å². The van der Waals surface area contributed by atoms with Gasteiger partial charge in [-0.25, -0.2) is 0 Å². The monoisotopic (exact) mass is 394 g/mol. The topological polar surface area (TPSA) is 50.4 Å². The van der Waals surface area contributed by atoms with Crippen LogP contribution >= 0.6 is 34.8 Å². The summed E-state index contributed by atoms with van der Waals surface area (Å²) in [4.78, 5) is 11.9. The fourth-order valence-corrected chi connectivity index (χ4v) is 2.72. The third-order valence-electron chi connectivity index (χ3n) is 2.85. The Hall–Kier alpha value is -1.76. The lowest BCUT2D eigenvalue weighted by molar-refractivity contribution is -0.119. The molecule has 0 aliphatic carbocycles. The maximum absolute atomic E-state index is 12.1. The molecule has 2 aromatic carbocycles. The zero-order chi connectivity index (χ0) is 17.7. The Kier molecular flexibility index (Phi) is 6.48. The number of anilines is 1. The molecule has 0 unspecified atom stereocenters. The van der Waals surface area contributed by atoms with Gasteiger partial charge in [0.05, 0.1) is 22.2 Å². The van der Waals surface area contributed by atoms with Crippen molar-refractivity contribution in [2.45, 2.75) is 13.0 Å². The maximum atomic E-state index is 12.1. The van der Waals surface area contributed by atoms with Crippen LogP contribution in [0.5, 0.6) is 5.75 Å². The third-order valence-corrected chi connectivity index (χ3v) is 3.66. The Bertz CT molecular complexity index is 704. The second kappa shape index (κ2) is 8.37. The Labute approximate surface area is 151 Å². The van der Waals surface area contributed by atoms with E-state index in [4.69, 9.17) is 34.8 Å². The number of hydrazine groups is 1. The maximum Gasteiger partial charge on any atom is 0.387 e. The number of hydrogen-bond acceptors (Lipinski definition) is 3. The Balaban J connectivity index is 1.92. The lowest BCUT2D eigenvalue weighted by Crippen LogP contribution is -2.31. The highest BCUT2D eigenvalue weighted by molar-refractivity contribution is 6.41. The number of ether oxygens (including phenoxy) is 1. The molecule has 0 radical (unpaired) electrons. The van der Waals surface area contributed by atoms with Crippen molar-refractivity contribution >= 4 is 46.4 Å². The van der Waals surface area contributed by atoms with Crippen LogP contribution in [0.1, 0.15) is 5.56 Å². The molecule has 0 bridgehead atoms. The SMILES string of the molecule is O=C(Cc1ccc(OC(F)F)cc1)NNc1c(Cl)cc(Cl)cc1Cl. The fourth-order valence-electron chi connectivity index (χ4n) is 1.81. The largest absolute Gasteiger partial charge is 0.435 e. The van der Waals surface area contributed by atoms with Gasteiger partial charge in [0, 0.05) is 5.02 Å². The first-order chi connectivity index (χ1) is 11.3. The second-order valence-electron chi connectivity index (χ2n) is 4.62. The highest BCUT2D eigenvalue weighted by atomic mass is 35.5. The molecule has 2 rings (SSSR count). The molecule has 0 aliphatic heterocycles. The van der Waals surface area contributed by atoms with Gasteiger partial charge in [-0.05, 0) is 29.8 Å². The summed E-state index contributed by atoms with van der Waals surface area (Å²) >= 11 is 17.8. The van der Waals surface area contributed by atoms with E-state index >= 15 is 0 Å². The number of alkyl halides is 2. The molecule has 24 heavy (non-hydrogen) atoms. The Morgan fingerprint density at radius 2 is 1.67 bits per heavy atom. The van der Waals surface area contributed by atoms with Crippen molar-refractivity contribution in [3.8, 4) is 5.75 Å². The van der Waals surface area contributed by atoms with E-state index in [1.807, 2.05) is 0 Å². The zero-order valence-corrected chi connectivity index (χ0v) is 14.2. The van der Waals surface area contributed by atoms with Crippen molar-refractivity contribution in [2.24, 2.45) is 0 Å². The van der Waals surface area contributed by atoms with Crippen LogP contribution in [0.4, 0.5) is 14.5 Å². The number of nitrogens with one attached hydrogen (secondary N) is 2. The van der Waals surface area contributed by atoms with Gasteiger partial charge in [-0.1, -0.05) is 46.9 Å². The molecule has 9 heteroatoms. The molecule has 0 saturated carbocycles. The second-order valence-corrected chi connectivity index (χ2v) is 5.87. The number of carbonyl (C=O) groups is 1. The van der Waals surface area contributed by atoms with Gasteiger partial charge in [0.15, 0.2) is 0 Å². The molecule has 2 aromatic rings. The van der Waals surface area contributed by atoms with Gasteiger partial charge in [0.25, 0.3) is 0 Å². The first kappa shape index (κ1) is 18.6. The van der Waals surface area contributed by atoms with Crippen molar-refractivity contribution < 1.29 is 18.3 Å². The predicted molar refractivity (Wildman–Crippen MR) is 90.0 cm³/mol.